The maximum Gasteiger partial charge on any atom is 0.0465 e. The van der Waals surface area contributed by atoms with Crippen LogP contribution in [0.5, 0.6) is 0 Å². The van der Waals surface area contributed by atoms with Crippen LogP contribution in [-0.4, -0.2) is 13.1 Å². The van der Waals surface area contributed by atoms with Gasteiger partial charge in [-0.3, -0.25) is 0 Å². The number of benzene rings is 2. The molecule has 2 aromatic rings. The number of hydrogen-bond acceptors (Lipinski definition) is 2. The molecule has 2 N–H and O–H groups in total. The van der Waals surface area contributed by atoms with Crippen molar-refractivity contribution in [2.75, 3.05) is 13.1 Å². The largest absolute Gasteiger partial charge is 0.312 e. The van der Waals surface area contributed by atoms with Crippen molar-refractivity contribution in [1.29, 1.82) is 0 Å². The van der Waals surface area contributed by atoms with Gasteiger partial charge in [-0.05, 0) is 68.5 Å². The SMILES string of the molecule is Cl.Cl.Cl.Cl.Cl.Cl.Clc1cccc(Cl)c1CNCC1CCCC(CNCc2c(Cl)cccc2Cl)C1. The molecule has 0 aromatic heterocycles. The summed E-state index contributed by atoms with van der Waals surface area (Å²) in [4.78, 5) is 0. The summed E-state index contributed by atoms with van der Waals surface area (Å²) in [6, 6.07) is 11.3. The van der Waals surface area contributed by atoms with Crippen molar-refractivity contribution < 1.29 is 0 Å². The monoisotopic (exact) mass is 674 g/mol. The number of rotatable bonds is 8. The first-order valence-corrected chi connectivity index (χ1v) is 11.3. The van der Waals surface area contributed by atoms with Crippen LogP contribution in [0.1, 0.15) is 36.8 Å². The second-order valence-corrected chi connectivity index (χ2v) is 9.19. The molecule has 34 heavy (non-hydrogen) atoms. The molecule has 0 saturated heterocycles. The molecule has 0 radical (unpaired) electrons. The number of nitrogens with one attached hydrogen (secondary N) is 2. The van der Waals surface area contributed by atoms with E-state index in [0.717, 1.165) is 44.3 Å². The van der Waals surface area contributed by atoms with Crippen LogP contribution < -0.4 is 10.6 Å². The Morgan fingerprint density at radius 3 is 1.24 bits per heavy atom. The normalized spacial score (nSPS) is 16.2. The van der Waals surface area contributed by atoms with E-state index in [2.05, 4.69) is 10.6 Å². The minimum absolute atomic E-state index is 0. The van der Waals surface area contributed by atoms with Crippen LogP contribution >= 0.6 is 121 Å². The van der Waals surface area contributed by atoms with Gasteiger partial charge in [-0.2, -0.15) is 0 Å². The third-order valence-electron chi connectivity index (χ3n) is 5.48. The van der Waals surface area contributed by atoms with E-state index in [4.69, 9.17) is 46.4 Å². The van der Waals surface area contributed by atoms with Gasteiger partial charge in [0.1, 0.15) is 0 Å². The summed E-state index contributed by atoms with van der Waals surface area (Å²) >= 11 is 25.0. The molecule has 3 rings (SSSR count). The maximum atomic E-state index is 6.25. The Bertz CT molecular complexity index is 690. The molecule has 1 saturated carbocycles. The van der Waals surface area contributed by atoms with Gasteiger partial charge in [-0.15, -0.1) is 74.4 Å². The highest BCUT2D eigenvalue weighted by atomic mass is 35.5. The molecule has 0 heterocycles. The van der Waals surface area contributed by atoms with Crippen LogP contribution in [0.3, 0.4) is 0 Å². The zero-order valence-electron chi connectivity index (χ0n) is 18.2. The van der Waals surface area contributed by atoms with Gasteiger partial charge < -0.3 is 10.6 Å². The Labute approximate surface area is 260 Å². The summed E-state index contributed by atoms with van der Waals surface area (Å²) < 4.78 is 0. The average Bonchev–Trinajstić information content (AvgIpc) is 2.67. The van der Waals surface area contributed by atoms with E-state index < -0.39 is 0 Å². The Balaban J connectivity index is -0.000000750. The summed E-state index contributed by atoms with van der Waals surface area (Å²) in [5, 5.41) is 10.00. The zero-order valence-corrected chi connectivity index (χ0v) is 26.2. The summed E-state index contributed by atoms with van der Waals surface area (Å²) in [5.74, 6) is 1.37. The highest BCUT2D eigenvalue weighted by Crippen LogP contribution is 2.30. The standard InChI is InChI=1S/C22H26Cl4N2.6ClH/c23-19-6-2-7-20(24)17(19)13-27-11-15-4-1-5-16(10-15)12-28-14-18-21(25)8-3-9-22(18)26;;;;;;/h2-3,6-9,15-16,27-28H,1,4-5,10-14H2;6*1H. The maximum absolute atomic E-state index is 6.25. The van der Waals surface area contributed by atoms with E-state index in [9.17, 15) is 0 Å². The summed E-state index contributed by atoms with van der Waals surface area (Å²) in [6.07, 6.45) is 5.05. The van der Waals surface area contributed by atoms with Crippen molar-refractivity contribution in [2.24, 2.45) is 11.8 Å². The summed E-state index contributed by atoms with van der Waals surface area (Å²) in [6.45, 7) is 3.41. The van der Waals surface area contributed by atoms with E-state index in [1.54, 1.807) is 0 Å². The van der Waals surface area contributed by atoms with Crippen LogP contribution in [0, 0.1) is 11.8 Å². The lowest BCUT2D eigenvalue weighted by Crippen LogP contribution is -2.31. The van der Waals surface area contributed by atoms with Crippen LogP contribution in [0.4, 0.5) is 0 Å². The molecule has 2 unspecified atom stereocenters. The molecule has 1 fully saturated rings. The first kappa shape index (κ1) is 42.4. The fraction of sp³-hybridized carbons (Fsp3) is 0.455. The van der Waals surface area contributed by atoms with Crippen molar-refractivity contribution in [2.45, 2.75) is 38.8 Å². The molecule has 1 aliphatic carbocycles. The molecule has 12 heteroatoms. The van der Waals surface area contributed by atoms with Crippen LogP contribution in [0.25, 0.3) is 0 Å². The van der Waals surface area contributed by atoms with Crippen molar-refractivity contribution in [3.63, 3.8) is 0 Å². The molecular weight excluding hydrogens is 647 g/mol. The van der Waals surface area contributed by atoms with Crippen molar-refractivity contribution in [1.82, 2.24) is 10.6 Å². The van der Waals surface area contributed by atoms with Gasteiger partial charge in [0.15, 0.2) is 0 Å². The zero-order chi connectivity index (χ0) is 19.9. The van der Waals surface area contributed by atoms with Gasteiger partial charge in [-0.25, -0.2) is 0 Å². The molecule has 0 amide bonds. The lowest BCUT2D eigenvalue weighted by atomic mass is 9.81. The topological polar surface area (TPSA) is 24.1 Å². The Hall–Kier alpha value is 1.26. The van der Waals surface area contributed by atoms with Crippen molar-refractivity contribution in [3.8, 4) is 0 Å². The molecule has 2 aromatic carbocycles. The van der Waals surface area contributed by atoms with Crippen molar-refractivity contribution in [3.05, 3.63) is 67.6 Å². The van der Waals surface area contributed by atoms with E-state index >= 15 is 0 Å². The molecule has 200 valence electrons. The molecule has 2 nitrogen and oxygen atoms in total. The summed E-state index contributed by atoms with van der Waals surface area (Å²) in [5.41, 5.74) is 1.97. The second-order valence-electron chi connectivity index (χ2n) is 7.56. The van der Waals surface area contributed by atoms with Crippen LogP contribution in [-0.2, 0) is 13.1 Å². The fourth-order valence-corrected chi connectivity index (χ4v) is 5.04. The van der Waals surface area contributed by atoms with Gasteiger partial charge in [0, 0.05) is 44.3 Å². The fourth-order valence-electron chi connectivity index (χ4n) is 3.98. The smallest absolute Gasteiger partial charge is 0.0465 e. The van der Waals surface area contributed by atoms with E-state index in [-0.39, 0.29) is 74.4 Å². The van der Waals surface area contributed by atoms with Gasteiger partial charge in [-0.1, -0.05) is 65.0 Å². The van der Waals surface area contributed by atoms with Crippen LogP contribution in [0.15, 0.2) is 36.4 Å². The Morgan fingerprint density at radius 2 is 0.912 bits per heavy atom. The second kappa shape index (κ2) is 22.3. The lowest BCUT2D eigenvalue weighted by Gasteiger charge is -2.29. The molecule has 0 aliphatic heterocycles. The first-order chi connectivity index (χ1) is 13.5. The predicted octanol–water partition coefficient (Wildman–Crippen LogP) is 9.52. The third kappa shape index (κ3) is 13.2. The van der Waals surface area contributed by atoms with E-state index in [1.807, 2.05) is 36.4 Å². The van der Waals surface area contributed by atoms with Crippen molar-refractivity contribution >= 4 is 121 Å². The predicted molar refractivity (Wildman–Crippen MR) is 165 cm³/mol. The first-order valence-electron chi connectivity index (χ1n) is 9.81. The molecule has 0 spiro atoms. The van der Waals surface area contributed by atoms with Gasteiger partial charge in [0.05, 0.1) is 0 Å². The molecule has 1 aliphatic rings. The lowest BCUT2D eigenvalue weighted by molar-refractivity contribution is 0.252. The Morgan fingerprint density at radius 1 is 0.588 bits per heavy atom. The summed E-state index contributed by atoms with van der Waals surface area (Å²) in [7, 11) is 0. The van der Waals surface area contributed by atoms with Gasteiger partial charge in [0.2, 0.25) is 0 Å². The van der Waals surface area contributed by atoms with Gasteiger partial charge in [0.25, 0.3) is 0 Å². The molecule has 0 bridgehead atoms. The quantitative estimate of drug-likeness (QED) is 0.291. The molecular formula is C22H32Cl10N2. The van der Waals surface area contributed by atoms with E-state index in [0.29, 0.717) is 24.9 Å². The third-order valence-corrected chi connectivity index (χ3v) is 6.90. The van der Waals surface area contributed by atoms with Gasteiger partial charge >= 0.3 is 0 Å². The minimum Gasteiger partial charge on any atom is -0.312 e. The minimum atomic E-state index is 0. The molecule has 2 atom stereocenters. The number of halogens is 10. The highest BCUT2D eigenvalue weighted by Gasteiger charge is 2.22. The Kier molecular flexibility index (Phi) is 27.7. The average molecular weight is 679 g/mol. The highest BCUT2D eigenvalue weighted by molar-refractivity contribution is 6.36. The van der Waals surface area contributed by atoms with E-state index in [1.165, 1.54) is 25.7 Å². The van der Waals surface area contributed by atoms with Crippen LogP contribution in [0.2, 0.25) is 20.1 Å². The number of hydrogen-bond donors (Lipinski definition) is 2.